The van der Waals surface area contributed by atoms with Crippen LogP contribution in [0.15, 0.2) is 77.4 Å². The first-order valence-electron chi connectivity index (χ1n) is 10.6. The molecule has 8 nitrogen and oxygen atoms in total. The Morgan fingerprint density at radius 3 is 2.24 bits per heavy atom. The number of amides is 3. The van der Waals surface area contributed by atoms with Gasteiger partial charge in [0.05, 0.1) is 12.0 Å². The first-order valence-corrected chi connectivity index (χ1v) is 11.4. The molecule has 0 aliphatic carbocycles. The highest BCUT2D eigenvalue weighted by Gasteiger charge is 2.16. The fourth-order valence-electron chi connectivity index (χ4n) is 3.15. The van der Waals surface area contributed by atoms with E-state index < -0.39 is 0 Å². The van der Waals surface area contributed by atoms with E-state index in [4.69, 9.17) is 4.42 Å². The summed E-state index contributed by atoms with van der Waals surface area (Å²) in [5, 5.41) is 9.03. The van der Waals surface area contributed by atoms with Gasteiger partial charge in [-0.05, 0) is 43.3 Å². The summed E-state index contributed by atoms with van der Waals surface area (Å²) in [6.07, 6.45) is 1.42. The number of hydrogen-bond donors (Lipinski definition) is 3. The number of anilines is 1. The van der Waals surface area contributed by atoms with Gasteiger partial charge in [0.1, 0.15) is 9.88 Å². The summed E-state index contributed by atoms with van der Waals surface area (Å²) in [4.78, 5) is 41.9. The van der Waals surface area contributed by atoms with Crippen molar-refractivity contribution >= 4 is 34.7 Å². The average molecular weight is 475 g/mol. The molecule has 0 atom stereocenters. The van der Waals surface area contributed by atoms with Gasteiger partial charge < -0.3 is 20.4 Å². The number of nitrogens with one attached hydrogen (secondary N) is 3. The summed E-state index contributed by atoms with van der Waals surface area (Å²) < 4.78 is 5.01. The van der Waals surface area contributed by atoms with E-state index in [1.54, 1.807) is 36.4 Å². The lowest BCUT2D eigenvalue weighted by Crippen LogP contribution is -2.34. The van der Waals surface area contributed by atoms with Crippen LogP contribution < -0.4 is 16.0 Å². The molecule has 34 heavy (non-hydrogen) atoms. The van der Waals surface area contributed by atoms with E-state index in [1.807, 2.05) is 37.3 Å². The molecule has 0 saturated carbocycles. The minimum Gasteiger partial charge on any atom is -0.459 e. The van der Waals surface area contributed by atoms with E-state index in [2.05, 4.69) is 20.9 Å². The number of aromatic nitrogens is 1. The van der Waals surface area contributed by atoms with Crippen molar-refractivity contribution in [3.63, 3.8) is 0 Å². The van der Waals surface area contributed by atoms with Gasteiger partial charge in [0.15, 0.2) is 5.76 Å². The Kier molecular flexibility index (Phi) is 7.14. The molecule has 3 amide bonds. The molecule has 2 aromatic carbocycles. The minimum atomic E-state index is -0.341. The Bertz CT molecular complexity index is 1280. The lowest BCUT2D eigenvalue weighted by molar-refractivity contribution is 0.0910. The minimum absolute atomic E-state index is 0.216. The van der Waals surface area contributed by atoms with Crippen LogP contribution in [-0.2, 0) is 0 Å². The molecule has 0 aliphatic rings. The number of thiazole rings is 1. The number of carbonyl (C=O) groups excluding carboxylic acids is 3. The summed E-state index contributed by atoms with van der Waals surface area (Å²) >= 11 is 1.34. The maximum absolute atomic E-state index is 12.8. The molecular formula is C25H22N4O4S. The lowest BCUT2D eigenvalue weighted by Gasteiger charge is -2.08. The first kappa shape index (κ1) is 22.9. The SMILES string of the molecule is Cc1nc(-c2ccccc2)sc1C(=O)Nc1ccc(C(=O)NCCNC(=O)c2ccco2)cc1. The monoisotopic (exact) mass is 474 g/mol. The second-order valence-electron chi connectivity index (χ2n) is 7.32. The summed E-state index contributed by atoms with van der Waals surface area (Å²) in [6.45, 7) is 2.33. The van der Waals surface area contributed by atoms with E-state index in [1.165, 1.54) is 17.6 Å². The molecule has 0 bridgehead atoms. The van der Waals surface area contributed by atoms with Crippen LogP contribution in [0.4, 0.5) is 5.69 Å². The number of carbonyl (C=O) groups is 3. The van der Waals surface area contributed by atoms with E-state index in [9.17, 15) is 14.4 Å². The third kappa shape index (κ3) is 5.57. The molecule has 0 aliphatic heterocycles. The molecule has 4 rings (SSSR count). The van der Waals surface area contributed by atoms with Crippen LogP contribution >= 0.6 is 11.3 Å². The highest BCUT2D eigenvalue weighted by Crippen LogP contribution is 2.28. The highest BCUT2D eigenvalue weighted by molar-refractivity contribution is 7.17. The van der Waals surface area contributed by atoms with Crippen LogP contribution in [-0.4, -0.2) is 35.8 Å². The van der Waals surface area contributed by atoms with Gasteiger partial charge in [-0.1, -0.05) is 30.3 Å². The zero-order chi connectivity index (χ0) is 23.9. The number of aryl methyl sites for hydroxylation is 1. The molecule has 2 aromatic heterocycles. The molecule has 9 heteroatoms. The molecule has 0 spiro atoms. The van der Waals surface area contributed by atoms with Gasteiger partial charge in [-0.3, -0.25) is 14.4 Å². The van der Waals surface area contributed by atoms with Crippen molar-refractivity contribution in [3.05, 3.63) is 94.9 Å². The first-order chi connectivity index (χ1) is 16.5. The molecule has 4 aromatic rings. The second-order valence-corrected chi connectivity index (χ2v) is 8.32. The van der Waals surface area contributed by atoms with Gasteiger partial charge in [-0.15, -0.1) is 11.3 Å². The van der Waals surface area contributed by atoms with Crippen molar-refractivity contribution < 1.29 is 18.8 Å². The van der Waals surface area contributed by atoms with Crippen LogP contribution in [0.2, 0.25) is 0 Å². The Balaban J connectivity index is 1.28. The molecule has 2 heterocycles. The zero-order valence-corrected chi connectivity index (χ0v) is 19.1. The highest BCUT2D eigenvalue weighted by atomic mass is 32.1. The number of benzene rings is 2. The fourth-order valence-corrected chi connectivity index (χ4v) is 4.12. The summed E-state index contributed by atoms with van der Waals surface area (Å²) in [6, 6.07) is 19.5. The number of nitrogens with zero attached hydrogens (tertiary/aromatic N) is 1. The molecular weight excluding hydrogens is 452 g/mol. The maximum atomic E-state index is 12.8. The van der Waals surface area contributed by atoms with Crippen LogP contribution in [0.3, 0.4) is 0 Å². The summed E-state index contributed by atoms with van der Waals surface area (Å²) in [5.41, 5.74) is 2.64. The normalized spacial score (nSPS) is 10.5. The van der Waals surface area contributed by atoms with Gasteiger partial charge in [0.2, 0.25) is 0 Å². The molecule has 3 N–H and O–H groups in total. The Morgan fingerprint density at radius 2 is 1.56 bits per heavy atom. The maximum Gasteiger partial charge on any atom is 0.287 e. The quantitative estimate of drug-likeness (QED) is 0.333. The molecule has 0 fully saturated rings. The van der Waals surface area contributed by atoms with Gasteiger partial charge in [0.25, 0.3) is 17.7 Å². The Morgan fingerprint density at radius 1 is 0.853 bits per heavy atom. The predicted octanol–water partition coefficient (Wildman–Crippen LogP) is 4.12. The van der Waals surface area contributed by atoms with Gasteiger partial charge >= 0.3 is 0 Å². The van der Waals surface area contributed by atoms with Crippen molar-refractivity contribution in [3.8, 4) is 10.6 Å². The van der Waals surface area contributed by atoms with Crippen molar-refractivity contribution in [2.45, 2.75) is 6.92 Å². The second kappa shape index (κ2) is 10.6. The van der Waals surface area contributed by atoms with Crippen molar-refractivity contribution in [2.75, 3.05) is 18.4 Å². The third-order valence-electron chi connectivity index (χ3n) is 4.87. The smallest absolute Gasteiger partial charge is 0.287 e. The standard InChI is InChI=1S/C25H22N4O4S/c1-16-21(34-25(28-16)18-6-3-2-4-7-18)24(32)29-19-11-9-17(10-12-19)22(30)26-13-14-27-23(31)20-8-5-15-33-20/h2-12,15H,13-14H2,1H3,(H,26,30)(H,27,31)(H,29,32). The topological polar surface area (TPSA) is 113 Å². The van der Waals surface area contributed by atoms with Gasteiger partial charge in [-0.2, -0.15) is 0 Å². The van der Waals surface area contributed by atoms with Crippen molar-refractivity contribution in [1.29, 1.82) is 0 Å². The number of furan rings is 1. The van der Waals surface area contributed by atoms with Crippen LogP contribution in [0.1, 0.15) is 36.3 Å². The predicted molar refractivity (Wildman–Crippen MR) is 130 cm³/mol. The van der Waals surface area contributed by atoms with Crippen LogP contribution in [0.25, 0.3) is 10.6 Å². The van der Waals surface area contributed by atoms with Crippen molar-refractivity contribution in [1.82, 2.24) is 15.6 Å². The van der Waals surface area contributed by atoms with Crippen LogP contribution in [0.5, 0.6) is 0 Å². The number of rotatable bonds is 8. The fraction of sp³-hybridized carbons (Fsp3) is 0.120. The van der Waals surface area contributed by atoms with Crippen molar-refractivity contribution in [2.24, 2.45) is 0 Å². The van der Waals surface area contributed by atoms with E-state index in [0.717, 1.165) is 10.6 Å². The van der Waals surface area contributed by atoms with Gasteiger partial charge in [-0.25, -0.2) is 4.98 Å². The lowest BCUT2D eigenvalue weighted by atomic mass is 10.2. The van der Waals surface area contributed by atoms with Gasteiger partial charge in [0, 0.05) is 29.9 Å². The summed E-state index contributed by atoms with van der Waals surface area (Å²) in [5.74, 6) is -0.655. The third-order valence-corrected chi connectivity index (χ3v) is 6.07. The molecule has 172 valence electrons. The average Bonchev–Trinajstić information content (AvgIpc) is 3.53. The molecule has 0 radical (unpaired) electrons. The van der Waals surface area contributed by atoms with E-state index in [-0.39, 0.29) is 36.6 Å². The number of hydrogen-bond acceptors (Lipinski definition) is 6. The molecule has 0 unspecified atom stereocenters. The Labute approximate surface area is 200 Å². The largest absolute Gasteiger partial charge is 0.459 e. The van der Waals surface area contributed by atoms with Crippen LogP contribution in [0, 0.1) is 6.92 Å². The zero-order valence-electron chi connectivity index (χ0n) is 18.3. The summed E-state index contributed by atoms with van der Waals surface area (Å²) in [7, 11) is 0. The van der Waals surface area contributed by atoms with E-state index >= 15 is 0 Å². The molecule has 0 saturated heterocycles. The van der Waals surface area contributed by atoms with E-state index in [0.29, 0.717) is 21.8 Å². The Hall–Kier alpha value is -4.24.